The van der Waals surface area contributed by atoms with Crippen molar-refractivity contribution in [3.63, 3.8) is 0 Å². The summed E-state index contributed by atoms with van der Waals surface area (Å²) in [6.45, 7) is 11.8. The highest BCUT2D eigenvalue weighted by molar-refractivity contribution is 5.83. The molecule has 0 aliphatic carbocycles. The largest absolute Gasteiger partial charge is 0.379 e. The Morgan fingerprint density at radius 1 is 1.09 bits per heavy atom. The van der Waals surface area contributed by atoms with Gasteiger partial charge in [0, 0.05) is 31.3 Å². The molecule has 3 aromatic rings. The second-order valence-electron chi connectivity index (χ2n) is 10.3. The van der Waals surface area contributed by atoms with E-state index in [0.717, 1.165) is 61.6 Å². The van der Waals surface area contributed by atoms with Gasteiger partial charge in [-0.05, 0) is 80.0 Å². The molecule has 2 aromatic carbocycles. The predicted molar refractivity (Wildman–Crippen MR) is 137 cm³/mol. The molecule has 1 atom stereocenters. The SMILES string of the molecule is Cc1cc2nc(N3CCC(C(=O)N[C@@H]4CCOC4)CC3)n(-c3cccc(C(C)C)c3)c2cc1C. The molecule has 1 aromatic heterocycles. The van der Waals surface area contributed by atoms with Gasteiger partial charge in [-0.3, -0.25) is 9.36 Å². The Bertz CT molecular complexity index is 1180. The van der Waals surface area contributed by atoms with Gasteiger partial charge in [0.2, 0.25) is 11.9 Å². The molecule has 2 aliphatic rings. The molecule has 6 heteroatoms. The normalized spacial score (nSPS) is 19.3. The first kappa shape index (κ1) is 22.9. The van der Waals surface area contributed by atoms with Gasteiger partial charge >= 0.3 is 0 Å². The molecule has 0 saturated carbocycles. The van der Waals surface area contributed by atoms with Crippen LogP contribution in [-0.4, -0.2) is 47.8 Å². The van der Waals surface area contributed by atoms with Crippen LogP contribution in [0.3, 0.4) is 0 Å². The van der Waals surface area contributed by atoms with Gasteiger partial charge in [0.25, 0.3) is 0 Å². The monoisotopic (exact) mass is 460 g/mol. The fraction of sp³-hybridized carbons (Fsp3) is 0.500. The maximum atomic E-state index is 12.8. The number of rotatable bonds is 5. The van der Waals surface area contributed by atoms with E-state index in [4.69, 9.17) is 9.72 Å². The summed E-state index contributed by atoms with van der Waals surface area (Å²) in [4.78, 5) is 20.3. The van der Waals surface area contributed by atoms with Crippen LogP contribution in [0.4, 0.5) is 5.95 Å². The Labute approximate surface area is 202 Å². The van der Waals surface area contributed by atoms with Crippen molar-refractivity contribution >= 4 is 22.9 Å². The highest BCUT2D eigenvalue weighted by Crippen LogP contribution is 2.32. The first-order valence-corrected chi connectivity index (χ1v) is 12.6. The number of imidazole rings is 1. The van der Waals surface area contributed by atoms with E-state index < -0.39 is 0 Å². The number of ether oxygens (including phenoxy) is 1. The van der Waals surface area contributed by atoms with Crippen LogP contribution in [0.2, 0.25) is 0 Å². The molecule has 0 spiro atoms. The Kier molecular flexibility index (Phi) is 6.34. The third kappa shape index (κ3) is 4.43. The highest BCUT2D eigenvalue weighted by atomic mass is 16.5. The van der Waals surface area contributed by atoms with E-state index in [9.17, 15) is 4.79 Å². The molecule has 0 unspecified atom stereocenters. The summed E-state index contributed by atoms with van der Waals surface area (Å²) in [6.07, 6.45) is 2.60. The van der Waals surface area contributed by atoms with Crippen LogP contribution in [0.1, 0.15) is 55.7 Å². The molecule has 1 amide bonds. The number of hydrogen-bond donors (Lipinski definition) is 1. The van der Waals surface area contributed by atoms with Crippen molar-refractivity contribution in [3.8, 4) is 5.69 Å². The van der Waals surface area contributed by atoms with Crippen LogP contribution in [0.25, 0.3) is 16.7 Å². The minimum absolute atomic E-state index is 0.0587. The molecule has 2 fully saturated rings. The van der Waals surface area contributed by atoms with Crippen molar-refractivity contribution in [1.82, 2.24) is 14.9 Å². The van der Waals surface area contributed by atoms with E-state index in [-0.39, 0.29) is 17.9 Å². The van der Waals surface area contributed by atoms with Gasteiger partial charge in [-0.2, -0.15) is 0 Å². The number of amides is 1. The lowest BCUT2D eigenvalue weighted by Gasteiger charge is -2.33. The summed E-state index contributed by atoms with van der Waals surface area (Å²) in [7, 11) is 0. The van der Waals surface area contributed by atoms with Gasteiger partial charge in [-0.15, -0.1) is 0 Å². The van der Waals surface area contributed by atoms with Crippen molar-refractivity contribution in [2.75, 3.05) is 31.2 Å². The Hall–Kier alpha value is -2.86. The van der Waals surface area contributed by atoms with Crippen molar-refractivity contribution in [2.45, 2.75) is 58.9 Å². The molecule has 2 saturated heterocycles. The summed E-state index contributed by atoms with van der Waals surface area (Å²) in [5.41, 5.74) is 7.15. The quantitative estimate of drug-likeness (QED) is 0.589. The number of fused-ring (bicyclic) bond motifs is 1. The van der Waals surface area contributed by atoms with Gasteiger partial charge in [0.05, 0.1) is 23.7 Å². The first-order valence-electron chi connectivity index (χ1n) is 12.6. The Balaban J connectivity index is 1.45. The summed E-state index contributed by atoms with van der Waals surface area (Å²) < 4.78 is 7.72. The lowest BCUT2D eigenvalue weighted by atomic mass is 9.95. The zero-order valence-electron chi connectivity index (χ0n) is 20.8. The van der Waals surface area contributed by atoms with E-state index in [1.807, 2.05) is 0 Å². The summed E-state index contributed by atoms with van der Waals surface area (Å²) in [5, 5.41) is 3.19. The third-order valence-electron chi connectivity index (χ3n) is 7.47. The number of aryl methyl sites for hydroxylation is 2. The molecular formula is C28H36N4O2. The molecule has 2 aliphatic heterocycles. The second-order valence-corrected chi connectivity index (χ2v) is 10.3. The number of nitrogens with zero attached hydrogens (tertiary/aromatic N) is 3. The molecule has 3 heterocycles. The number of anilines is 1. The van der Waals surface area contributed by atoms with Gasteiger partial charge in [0.15, 0.2) is 0 Å². The highest BCUT2D eigenvalue weighted by Gasteiger charge is 2.30. The van der Waals surface area contributed by atoms with E-state index in [0.29, 0.717) is 12.5 Å². The fourth-order valence-electron chi connectivity index (χ4n) is 5.12. The number of piperidine rings is 1. The van der Waals surface area contributed by atoms with E-state index in [1.54, 1.807) is 0 Å². The lowest BCUT2D eigenvalue weighted by Crippen LogP contribution is -2.44. The van der Waals surface area contributed by atoms with Crippen LogP contribution in [0.15, 0.2) is 36.4 Å². The molecule has 1 N–H and O–H groups in total. The smallest absolute Gasteiger partial charge is 0.223 e. The number of benzene rings is 2. The zero-order chi connectivity index (χ0) is 23.8. The standard InChI is InChI=1S/C28H36N4O2/c1-18(2)22-6-5-7-24(16-22)32-26-15-20(4)19(3)14-25(26)30-28(32)31-11-8-21(9-12-31)27(33)29-23-10-13-34-17-23/h5-7,14-16,18,21,23H,8-13,17H2,1-4H3,(H,29,33)/t23-/m1/s1. The van der Waals surface area contributed by atoms with E-state index in [1.165, 1.54) is 16.7 Å². The molecular weight excluding hydrogens is 424 g/mol. The van der Waals surface area contributed by atoms with Gasteiger partial charge in [-0.1, -0.05) is 26.0 Å². The number of nitrogens with one attached hydrogen (secondary N) is 1. The molecule has 0 bridgehead atoms. The first-order chi connectivity index (χ1) is 16.4. The second kappa shape index (κ2) is 9.41. The lowest BCUT2D eigenvalue weighted by molar-refractivity contribution is -0.126. The summed E-state index contributed by atoms with van der Waals surface area (Å²) in [6, 6.07) is 13.4. The van der Waals surface area contributed by atoms with Crippen LogP contribution in [0.5, 0.6) is 0 Å². The minimum atomic E-state index is 0.0587. The summed E-state index contributed by atoms with van der Waals surface area (Å²) >= 11 is 0. The van der Waals surface area contributed by atoms with Crippen molar-refractivity contribution < 1.29 is 9.53 Å². The topological polar surface area (TPSA) is 59.4 Å². The Morgan fingerprint density at radius 3 is 2.56 bits per heavy atom. The number of carbonyl (C=O) groups excluding carboxylic acids is 1. The Morgan fingerprint density at radius 2 is 1.85 bits per heavy atom. The van der Waals surface area contributed by atoms with Gasteiger partial charge in [-0.25, -0.2) is 4.98 Å². The molecule has 34 heavy (non-hydrogen) atoms. The van der Waals surface area contributed by atoms with Crippen LogP contribution < -0.4 is 10.2 Å². The minimum Gasteiger partial charge on any atom is -0.379 e. The average molecular weight is 461 g/mol. The van der Waals surface area contributed by atoms with Crippen molar-refractivity contribution in [3.05, 3.63) is 53.1 Å². The van der Waals surface area contributed by atoms with Gasteiger partial charge < -0.3 is 15.0 Å². The molecule has 180 valence electrons. The summed E-state index contributed by atoms with van der Waals surface area (Å²) in [5.74, 6) is 1.67. The number of carbonyl (C=O) groups is 1. The van der Waals surface area contributed by atoms with E-state index in [2.05, 4.69) is 78.9 Å². The predicted octanol–water partition coefficient (Wildman–Crippen LogP) is 4.89. The fourth-order valence-corrected chi connectivity index (χ4v) is 5.12. The molecule has 5 rings (SSSR count). The van der Waals surface area contributed by atoms with Crippen LogP contribution in [-0.2, 0) is 9.53 Å². The van der Waals surface area contributed by atoms with Crippen LogP contribution >= 0.6 is 0 Å². The molecule has 0 radical (unpaired) electrons. The molecule has 6 nitrogen and oxygen atoms in total. The average Bonchev–Trinajstić information content (AvgIpc) is 3.47. The zero-order valence-corrected chi connectivity index (χ0v) is 20.8. The number of hydrogen-bond acceptors (Lipinski definition) is 4. The maximum absolute atomic E-state index is 12.8. The van der Waals surface area contributed by atoms with E-state index >= 15 is 0 Å². The number of aromatic nitrogens is 2. The van der Waals surface area contributed by atoms with Gasteiger partial charge in [0.1, 0.15) is 0 Å². The van der Waals surface area contributed by atoms with Crippen LogP contribution in [0, 0.1) is 19.8 Å². The third-order valence-corrected chi connectivity index (χ3v) is 7.47. The van der Waals surface area contributed by atoms with Crippen molar-refractivity contribution in [1.29, 1.82) is 0 Å². The maximum Gasteiger partial charge on any atom is 0.223 e. The van der Waals surface area contributed by atoms with Crippen molar-refractivity contribution in [2.24, 2.45) is 5.92 Å².